The topological polar surface area (TPSA) is 9.23 Å². The average molecular weight is 414 g/mol. The van der Waals surface area contributed by atoms with Gasteiger partial charge in [-0.15, -0.1) is 0 Å². The smallest absolute Gasteiger partial charge is 0.396 e. The van der Waals surface area contributed by atoms with Crippen LogP contribution >= 0.6 is 0 Å². The van der Waals surface area contributed by atoms with Crippen molar-refractivity contribution in [2.75, 3.05) is 6.61 Å². The first kappa shape index (κ1) is 21.6. The highest BCUT2D eigenvalue weighted by Gasteiger charge is 2.40. The van der Waals surface area contributed by atoms with E-state index >= 15 is 0 Å². The molecule has 0 aliphatic rings. The van der Waals surface area contributed by atoms with E-state index in [9.17, 15) is 17.6 Å². The van der Waals surface area contributed by atoms with Crippen LogP contribution in [0.3, 0.4) is 0 Å². The van der Waals surface area contributed by atoms with Crippen molar-refractivity contribution in [3.05, 3.63) is 101 Å². The first-order valence-corrected chi connectivity index (χ1v) is 9.68. The fraction of sp³-hybridized carbons (Fsp3) is 0.200. The van der Waals surface area contributed by atoms with Crippen molar-refractivity contribution in [2.45, 2.75) is 25.4 Å². The SMILES string of the molecule is CCOc1ccc(C=Cc2ccc(C[C@H](c3ccccc3)C(F)(F)F)cc2)c(F)c1. The van der Waals surface area contributed by atoms with Gasteiger partial charge >= 0.3 is 6.18 Å². The van der Waals surface area contributed by atoms with Gasteiger partial charge in [-0.1, -0.05) is 66.7 Å². The zero-order valence-electron chi connectivity index (χ0n) is 16.5. The van der Waals surface area contributed by atoms with E-state index in [1.165, 1.54) is 18.2 Å². The summed E-state index contributed by atoms with van der Waals surface area (Å²) in [7, 11) is 0. The average Bonchev–Trinajstić information content (AvgIpc) is 2.72. The molecule has 0 fully saturated rings. The molecule has 3 rings (SSSR count). The molecular formula is C25H22F4O. The Morgan fingerprint density at radius 2 is 1.60 bits per heavy atom. The number of rotatable bonds is 7. The number of hydrogen-bond acceptors (Lipinski definition) is 1. The number of halogens is 4. The summed E-state index contributed by atoms with van der Waals surface area (Å²) >= 11 is 0. The third kappa shape index (κ3) is 5.72. The van der Waals surface area contributed by atoms with Crippen molar-refractivity contribution < 1.29 is 22.3 Å². The van der Waals surface area contributed by atoms with E-state index in [4.69, 9.17) is 4.74 Å². The maximum Gasteiger partial charge on any atom is 0.396 e. The molecule has 3 aromatic rings. The molecule has 5 heteroatoms. The maximum atomic E-state index is 14.1. The molecule has 156 valence electrons. The first-order valence-electron chi connectivity index (χ1n) is 9.68. The number of benzene rings is 3. The van der Waals surface area contributed by atoms with E-state index in [1.807, 2.05) is 6.92 Å². The third-order valence-electron chi connectivity index (χ3n) is 4.75. The van der Waals surface area contributed by atoms with Crippen LogP contribution in [0, 0.1) is 5.82 Å². The fourth-order valence-electron chi connectivity index (χ4n) is 3.19. The van der Waals surface area contributed by atoms with Crippen LogP contribution in [-0.4, -0.2) is 12.8 Å². The molecule has 0 aromatic heterocycles. The summed E-state index contributed by atoms with van der Waals surface area (Å²) in [6.07, 6.45) is -1.11. The monoisotopic (exact) mass is 414 g/mol. The van der Waals surface area contributed by atoms with Crippen molar-refractivity contribution in [2.24, 2.45) is 0 Å². The molecule has 0 saturated heterocycles. The molecule has 0 spiro atoms. The highest BCUT2D eigenvalue weighted by Crippen LogP contribution is 2.37. The van der Waals surface area contributed by atoms with Crippen LogP contribution in [0.25, 0.3) is 12.2 Å². The van der Waals surface area contributed by atoms with Crippen LogP contribution in [-0.2, 0) is 6.42 Å². The van der Waals surface area contributed by atoms with Gasteiger partial charge in [-0.05, 0) is 42.2 Å². The Balaban J connectivity index is 1.72. The Kier molecular flexibility index (Phi) is 6.93. The Hall–Kier alpha value is -3.08. The highest BCUT2D eigenvalue weighted by molar-refractivity contribution is 5.70. The fourth-order valence-corrected chi connectivity index (χ4v) is 3.19. The second-order valence-electron chi connectivity index (χ2n) is 6.90. The van der Waals surface area contributed by atoms with Gasteiger partial charge in [0.2, 0.25) is 0 Å². The van der Waals surface area contributed by atoms with Crippen molar-refractivity contribution in [1.29, 1.82) is 0 Å². The molecule has 1 atom stereocenters. The molecule has 0 bridgehead atoms. The summed E-state index contributed by atoms with van der Waals surface area (Å²) < 4.78 is 60.0. The minimum atomic E-state index is -4.33. The molecule has 0 N–H and O–H groups in total. The van der Waals surface area contributed by atoms with Crippen LogP contribution < -0.4 is 4.74 Å². The molecule has 0 radical (unpaired) electrons. The molecular weight excluding hydrogens is 392 g/mol. The van der Waals surface area contributed by atoms with E-state index in [2.05, 4.69) is 0 Å². The van der Waals surface area contributed by atoms with Gasteiger partial charge in [0.15, 0.2) is 0 Å². The predicted molar refractivity (Wildman–Crippen MR) is 112 cm³/mol. The quantitative estimate of drug-likeness (QED) is 0.291. The molecule has 0 amide bonds. The van der Waals surface area contributed by atoms with Crippen molar-refractivity contribution in [3.8, 4) is 5.75 Å². The minimum absolute atomic E-state index is 0.134. The van der Waals surface area contributed by atoms with Gasteiger partial charge in [0.25, 0.3) is 0 Å². The Labute approximate surface area is 173 Å². The summed E-state index contributed by atoms with van der Waals surface area (Å²) in [5.41, 5.74) is 2.02. The predicted octanol–water partition coefficient (Wildman–Crippen LogP) is 7.28. The lowest BCUT2D eigenvalue weighted by molar-refractivity contribution is -0.150. The van der Waals surface area contributed by atoms with E-state index in [0.717, 1.165) is 5.56 Å². The van der Waals surface area contributed by atoms with Crippen LogP contribution in [0.15, 0.2) is 72.8 Å². The summed E-state index contributed by atoms with van der Waals surface area (Å²) in [6.45, 7) is 2.28. The van der Waals surface area contributed by atoms with Crippen molar-refractivity contribution >= 4 is 12.2 Å². The van der Waals surface area contributed by atoms with Gasteiger partial charge < -0.3 is 4.74 Å². The molecule has 0 aliphatic heterocycles. The second kappa shape index (κ2) is 9.61. The van der Waals surface area contributed by atoms with Gasteiger partial charge in [-0.25, -0.2) is 4.39 Å². The highest BCUT2D eigenvalue weighted by atomic mass is 19.4. The van der Waals surface area contributed by atoms with Gasteiger partial charge in [0, 0.05) is 11.6 Å². The standard InChI is InChI=1S/C25H22F4O/c1-2-30-22-15-14-21(24(26)17-22)13-12-18-8-10-19(11-9-18)16-23(25(27,28)29)20-6-4-3-5-7-20/h3-15,17,23H,2,16H2,1H3/t23-/m1/s1. The zero-order chi connectivity index (χ0) is 21.6. The molecule has 0 saturated carbocycles. The van der Waals surface area contributed by atoms with Gasteiger partial charge in [0.1, 0.15) is 11.6 Å². The van der Waals surface area contributed by atoms with E-state index in [1.54, 1.807) is 66.7 Å². The van der Waals surface area contributed by atoms with E-state index in [0.29, 0.717) is 23.5 Å². The normalized spacial score (nSPS) is 12.8. The number of hydrogen-bond donors (Lipinski definition) is 0. The van der Waals surface area contributed by atoms with Crippen molar-refractivity contribution in [3.63, 3.8) is 0 Å². The van der Waals surface area contributed by atoms with Gasteiger partial charge in [0.05, 0.1) is 12.5 Å². The Bertz CT molecular complexity index is 976. The maximum absolute atomic E-state index is 14.1. The molecule has 0 heterocycles. The Morgan fingerprint density at radius 3 is 2.20 bits per heavy atom. The third-order valence-corrected chi connectivity index (χ3v) is 4.75. The van der Waals surface area contributed by atoms with E-state index in [-0.39, 0.29) is 12.0 Å². The minimum Gasteiger partial charge on any atom is -0.494 e. The second-order valence-corrected chi connectivity index (χ2v) is 6.90. The Morgan fingerprint density at radius 1 is 0.900 bits per heavy atom. The first-order chi connectivity index (χ1) is 14.4. The lowest BCUT2D eigenvalue weighted by atomic mass is 9.91. The van der Waals surface area contributed by atoms with Crippen LogP contribution in [0.5, 0.6) is 5.75 Å². The summed E-state index contributed by atoms with van der Waals surface area (Å²) in [5.74, 6) is -1.49. The molecule has 30 heavy (non-hydrogen) atoms. The van der Waals surface area contributed by atoms with Gasteiger partial charge in [-0.2, -0.15) is 13.2 Å². The molecule has 0 unspecified atom stereocenters. The summed E-state index contributed by atoms with van der Waals surface area (Å²) in [6, 6.07) is 19.4. The van der Waals surface area contributed by atoms with Crippen molar-refractivity contribution in [1.82, 2.24) is 0 Å². The zero-order valence-corrected chi connectivity index (χ0v) is 16.5. The van der Waals surface area contributed by atoms with Gasteiger partial charge in [-0.3, -0.25) is 0 Å². The van der Waals surface area contributed by atoms with Crippen LogP contribution in [0.1, 0.15) is 35.1 Å². The number of ether oxygens (including phenoxy) is 1. The van der Waals surface area contributed by atoms with Crippen LogP contribution in [0.2, 0.25) is 0 Å². The van der Waals surface area contributed by atoms with E-state index < -0.39 is 17.9 Å². The lowest BCUT2D eigenvalue weighted by Gasteiger charge is -2.21. The molecule has 0 aliphatic carbocycles. The number of alkyl halides is 3. The summed E-state index contributed by atoms with van der Waals surface area (Å²) in [5, 5.41) is 0. The summed E-state index contributed by atoms with van der Waals surface area (Å²) in [4.78, 5) is 0. The lowest BCUT2D eigenvalue weighted by Crippen LogP contribution is -2.22. The molecule has 3 aromatic carbocycles. The molecule has 1 nitrogen and oxygen atoms in total. The van der Waals surface area contributed by atoms with Crippen LogP contribution in [0.4, 0.5) is 17.6 Å². The largest absolute Gasteiger partial charge is 0.494 e.